The van der Waals surface area contributed by atoms with Crippen molar-refractivity contribution in [2.24, 2.45) is 0 Å². The second kappa shape index (κ2) is 9.48. The molecular formula is C22H26N2O4. The number of amides is 1. The number of carboxylic acids is 1. The van der Waals surface area contributed by atoms with E-state index in [1.165, 1.54) is 0 Å². The Hall–Kier alpha value is -2.70. The number of aliphatic carboxylic acids is 1. The van der Waals surface area contributed by atoms with Crippen LogP contribution >= 0.6 is 0 Å². The molecular weight excluding hydrogens is 356 g/mol. The molecule has 2 aromatic rings. The first-order valence-electron chi connectivity index (χ1n) is 9.50. The lowest BCUT2D eigenvalue weighted by Crippen LogP contribution is -2.35. The quantitative estimate of drug-likeness (QED) is 0.770. The molecule has 0 spiro atoms. The summed E-state index contributed by atoms with van der Waals surface area (Å²) in [6, 6.07) is 14.4. The average Bonchev–Trinajstić information content (AvgIpc) is 2.69. The summed E-state index contributed by atoms with van der Waals surface area (Å²) in [5.41, 5.74) is 3.44. The van der Waals surface area contributed by atoms with Crippen LogP contribution in [0.4, 0.5) is 0 Å². The highest BCUT2D eigenvalue weighted by atomic mass is 16.5. The van der Waals surface area contributed by atoms with Gasteiger partial charge in [0.15, 0.2) is 0 Å². The van der Waals surface area contributed by atoms with E-state index in [4.69, 9.17) is 4.74 Å². The van der Waals surface area contributed by atoms with E-state index in [-0.39, 0.29) is 12.3 Å². The van der Waals surface area contributed by atoms with Crippen LogP contribution in [0.1, 0.15) is 39.5 Å². The van der Waals surface area contributed by atoms with Crippen LogP contribution in [0.5, 0.6) is 0 Å². The number of ether oxygens (including phenoxy) is 1. The SMILES string of the molecule is Cc1ccccc1C(CC(=O)O)NC(=O)c1ccc(CN2CCOCC2)cc1. The van der Waals surface area contributed by atoms with E-state index in [9.17, 15) is 14.7 Å². The minimum absolute atomic E-state index is 0.161. The van der Waals surface area contributed by atoms with E-state index in [2.05, 4.69) is 10.2 Å². The van der Waals surface area contributed by atoms with Crippen LogP contribution < -0.4 is 5.32 Å². The van der Waals surface area contributed by atoms with Crippen LogP contribution in [0.25, 0.3) is 0 Å². The molecule has 28 heavy (non-hydrogen) atoms. The van der Waals surface area contributed by atoms with Gasteiger partial charge in [0.2, 0.25) is 0 Å². The molecule has 0 aromatic heterocycles. The molecule has 1 heterocycles. The highest BCUT2D eigenvalue weighted by molar-refractivity contribution is 5.94. The molecule has 1 fully saturated rings. The van der Waals surface area contributed by atoms with Crippen molar-refractivity contribution in [2.45, 2.75) is 25.9 Å². The zero-order valence-electron chi connectivity index (χ0n) is 16.1. The van der Waals surface area contributed by atoms with E-state index in [0.717, 1.165) is 49.5 Å². The molecule has 1 saturated heterocycles. The molecule has 1 unspecified atom stereocenters. The molecule has 0 aliphatic carbocycles. The van der Waals surface area contributed by atoms with E-state index in [1.807, 2.05) is 43.3 Å². The second-order valence-corrected chi connectivity index (χ2v) is 7.07. The molecule has 0 bridgehead atoms. The lowest BCUT2D eigenvalue weighted by atomic mass is 9.98. The van der Waals surface area contributed by atoms with Crippen LogP contribution in [-0.2, 0) is 16.1 Å². The number of benzene rings is 2. The van der Waals surface area contributed by atoms with Gasteiger partial charge in [0.25, 0.3) is 5.91 Å². The van der Waals surface area contributed by atoms with Gasteiger partial charge in [0.1, 0.15) is 0 Å². The average molecular weight is 382 g/mol. The summed E-state index contributed by atoms with van der Waals surface area (Å²) in [4.78, 5) is 26.3. The largest absolute Gasteiger partial charge is 0.481 e. The molecule has 2 aromatic carbocycles. The van der Waals surface area contributed by atoms with Gasteiger partial charge >= 0.3 is 5.97 Å². The Labute approximate surface area is 165 Å². The summed E-state index contributed by atoms with van der Waals surface area (Å²) < 4.78 is 5.36. The number of morpholine rings is 1. The van der Waals surface area contributed by atoms with Crippen molar-refractivity contribution in [3.63, 3.8) is 0 Å². The summed E-state index contributed by atoms with van der Waals surface area (Å²) >= 11 is 0. The van der Waals surface area contributed by atoms with Crippen molar-refractivity contribution < 1.29 is 19.4 Å². The fourth-order valence-corrected chi connectivity index (χ4v) is 3.41. The molecule has 0 radical (unpaired) electrons. The first kappa shape index (κ1) is 20.0. The van der Waals surface area contributed by atoms with Gasteiger partial charge in [0.05, 0.1) is 25.7 Å². The molecule has 1 amide bonds. The van der Waals surface area contributed by atoms with Crippen molar-refractivity contribution in [2.75, 3.05) is 26.3 Å². The number of aryl methyl sites for hydroxylation is 1. The number of hydrogen-bond acceptors (Lipinski definition) is 4. The normalized spacial score (nSPS) is 15.8. The fraction of sp³-hybridized carbons (Fsp3) is 0.364. The van der Waals surface area contributed by atoms with Crippen LogP contribution in [0, 0.1) is 6.92 Å². The van der Waals surface area contributed by atoms with Crippen LogP contribution in [0.3, 0.4) is 0 Å². The van der Waals surface area contributed by atoms with E-state index in [0.29, 0.717) is 5.56 Å². The van der Waals surface area contributed by atoms with E-state index < -0.39 is 12.0 Å². The van der Waals surface area contributed by atoms with Crippen molar-refractivity contribution in [1.29, 1.82) is 0 Å². The monoisotopic (exact) mass is 382 g/mol. The third-order valence-corrected chi connectivity index (χ3v) is 4.97. The Balaban J connectivity index is 1.67. The Morgan fingerprint density at radius 3 is 2.43 bits per heavy atom. The van der Waals surface area contributed by atoms with E-state index in [1.54, 1.807) is 12.1 Å². The number of carboxylic acid groups (broad SMARTS) is 1. The second-order valence-electron chi connectivity index (χ2n) is 7.07. The molecule has 1 atom stereocenters. The van der Waals surface area contributed by atoms with Gasteiger partial charge in [0, 0.05) is 25.2 Å². The van der Waals surface area contributed by atoms with E-state index >= 15 is 0 Å². The minimum Gasteiger partial charge on any atom is -0.481 e. The van der Waals surface area contributed by atoms with Crippen molar-refractivity contribution in [1.82, 2.24) is 10.2 Å². The summed E-state index contributed by atoms with van der Waals surface area (Å²) in [6.45, 7) is 6.08. The number of rotatable bonds is 7. The molecule has 0 saturated carbocycles. The maximum absolute atomic E-state index is 12.7. The van der Waals surface area contributed by atoms with Crippen LogP contribution in [0.15, 0.2) is 48.5 Å². The Morgan fingerprint density at radius 2 is 1.79 bits per heavy atom. The topological polar surface area (TPSA) is 78.9 Å². The van der Waals surface area contributed by atoms with Gasteiger partial charge in [-0.3, -0.25) is 14.5 Å². The third-order valence-electron chi connectivity index (χ3n) is 4.97. The van der Waals surface area contributed by atoms with Gasteiger partial charge in [-0.05, 0) is 35.7 Å². The van der Waals surface area contributed by atoms with Crippen molar-refractivity contribution in [3.05, 3.63) is 70.8 Å². The number of carbonyl (C=O) groups excluding carboxylic acids is 1. The summed E-state index contributed by atoms with van der Waals surface area (Å²) in [7, 11) is 0. The first-order chi connectivity index (χ1) is 13.5. The molecule has 2 N–H and O–H groups in total. The zero-order valence-corrected chi connectivity index (χ0v) is 16.1. The summed E-state index contributed by atoms with van der Waals surface area (Å²) in [6.07, 6.45) is -0.161. The predicted octanol–water partition coefficient (Wildman–Crippen LogP) is 2.77. The lowest BCUT2D eigenvalue weighted by molar-refractivity contribution is -0.137. The van der Waals surface area contributed by atoms with Crippen LogP contribution in [-0.4, -0.2) is 48.2 Å². The highest BCUT2D eigenvalue weighted by Crippen LogP contribution is 2.21. The summed E-state index contributed by atoms with van der Waals surface area (Å²) in [5, 5.41) is 12.1. The third kappa shape index (κ3) is 5.41. The molecule has 6 nitrogen and oxygen atoms in total. The predicted molar refractivity (Wildman–Crippen MR) is 106 cm³/mol. The standard InChI is InChI=1S/C22H26N2O4/c1-16-4-2-3-5-19(16)20(14-21(25)26)23-22(27)18-8-6-17(7-9-18)15-24-10-12-28-13-11-24/h2-9,20H,10-15H2,1H3,(H,23,27)(H,25,26). The molecule has 1 aliphatic rings. The van der Waals surface area contributed by atoms with Crippen molar-refractivity contribution >= 4 is 11.9 Å². The molecule has 148 valence electrons. The minimum atomic E-state index is -0.950. The van der Waals surface area contributed by atoms with Crippen LogP contribution in [0.2, 0.25) is 0 Å². The smallest absolute Gasteiger partial charge is 0.305 e. The van der Waals surface area contributed by atoms with Gasteiger partial charge in [-0.25, -0.2) is 0 Å². The van der Waals surface area contributed by atoms with Gasteiger partial charge in [-0.1, -0.05) is 36.4 Å². The lowest BCUT2D eigenvalue weighted by Gasteiger charge is -2.26. The van der Waals surface area contributed by atoms with Gasteiger partial charge < -0.3 is 15.2 Å². The first-order valence-corrected chi connectivity index (χ1v) is 9.50. The number of hydrogen-bond donors (Lipinski definition) is 2. The van der Waals surface area contributed by atoms with Gasteiger partial charge in [-0.2, -0.15) is 0 Å². The fourth-order valence-electron chi connectivity index (χ4n) is 3.41. The Bertz CT molecular complexity index is 814. The van der Waals surface area contributed by atoms with Gasteiger partial charge in [-0.15, -0.1) is 0 Å². The highest BCUT2D eigenvalue weighted by Gasteiger charge is 2.20. The molecule has 6 heteroatoms. The Kier molecular flexibility index (Phi) is 6.79. The molecule has 3 rings (SSSR count). The Morgan fingerprint density at radius 1 is 1.11 bits per heavy atom. The number of carbonyl (C=O) groups is 2. The molecule has 1 aliphatic heterocycles. The summed E-state index contributed by atoms with van der Waals surface area (Å²) in [5.74, 6) is -1.22. The van der Waals surface area contributed by atoms with Crippen molar-refractivity contribution in [3.8, 4) is 0 Å². The zero-order chi connectivity index (χ0) is 19.9. The maximum Gasteiger partial charge on any atom is 0.305 e. The maximum atomic E-state index is 12.7. The number of nitrogens with one attached hydrogen (secondary N) is 1. The number of nitrogens with zero attached hydrogens (tertiary/aromatic N) is 1.